The Morgan fingerprint density at radius 2 is 1.83 bits per heavy atom. The van der Waals surface area contributed by atoms with Gasteiger partial charge in [0.05, 0.1) is 4.90 Å². The van der Waals surface area contributed by atoms with Gasteiger partial charge in [-0.2, -0.15) is 0 Å². The van der Waals surface area contributed by atoms with Crippen molar-refractivity contribution in [3.8, 4) is 0 Å². The quantitative estimate of drug-likeness (QED) is 0.674. The van der Waals surface area contributed by atoms with E-state index in [1.165, 1.54) is 0 Å². The van der Waals surface area contributed by atoms with Gasteiger partial charge in [-0.1, -0.05) is 24.3 Å². The van der Waals surface area contributed by atoms with Gasteiger partial charge in [-0.3, -0.25) is 9.59 Å². The maximum Gasteiger partial charge on any atom is 0.240 e. The lowest BCUT2D eigenvalue weighted by Gasteiger charge is -2.16. The molecule has 0 saturated carbocycles. The Morgan fingerprint density at radius 3 is 2.50 bits per heavy atom. The lowest BCUT2D eigenvalue weighted by Crippen LogP contribution is -2.31. The Labute approximate surface area is 177 Å². The number of anilines is 1. The van der Waals surface area contributed by atoms with E-state index in [2.05, 4.69) is 10.0 Å². The highest BCUT2D eigenvalue weighted by molar-refractivity contribution is 7.89. The van der Waals surface area contributed by atoms with Crippen LogP contribution in [0.1, 0.15) is 36.0 Å². The van der Waals surface area contributed by atoms with Gasteiger partial charge in [0.1, 0.15) is 0 Å². The smallest absolute Gasteiger partial charge is 0.240 e. The molecule has 8 heteroatoms. The Kier molecular flexibility index (Phi) is 6.89. The molecule has 2 amide bonds. The number of benzene rings is 2. The molecule has 0 aliphatic carbocycles. The van der Waals surface area contributed by atoms with E-state index in [0.717, 1.165) is 29.8 Å². The van der Waals surface area contributed by atoms with Crippen LogP contribution in [0.5, 0.6) is 0 Å². The minimum atomic E-state index is -3.66. The molecule has 1 heterocycles. The second-order valence-corrected chi connectivity index (χ2v) is 9.24. The van der Waals surface area contributed by atoms with Gasteiger partial charge < -0.3 is 10.2 Å². The summed E-state index contributed by atoms with van der Waals surface area (Å²) in [6, 6.07) is 12.8. The molecule has 1 saturated heterocycles. The third kappa shape index (κ3) is 5.46. The zero-order chi connectivity index (χ0) is 21.7. The van der Waals surface area contributed by atoms with E-state index in [4.69, 9.17) is 0 Å². The zero-order valence-corrected chi connectivity index (χ0v) is 18.1. The fraction of sp³-hybridized carbons (Fsp3) is 0.364. The first-order valence-electron chi connectivity index (χ1n) is 9.99. The highest BCUT2D eigenvalue weighted by Gasteiger charge is 2.21. The molecule has 0 unspecified atom stereocenters. The molecule has 160 valence electrons. The van der Waals surface area contributed by atoms with Crippen molar-refractivity contribution in [3.05, 3.63) is 59.2 Å². The summed E-state index contributed by atoms with van der Waals surface area (Å²) in [7, 11) is -3.66. The fourth-order valence-electron chi connectivity index (χ4n) is 3.38. The molecule has 0 spiro atoms. The van der Waals surface area contributed by atoms with Crippen molar-refractivity contribution < 1.29 is 18.0 Å². The molecule has 1 aliphatic heterocycles. The van der Waals surface area contributed by atoms with E-state index in [1.807, 2.05) is 37.3 Å². The molecular weight excluding hydrogens is 402 g/mol. The van der Waals surface area contributed by atoms with Crippen molar-refractivity contribution in [3.63, 3.8) is 0 Å². The summed E-state index contributed by atoms with van der Waals surface area (Å²) >= 11 is 0. The first-order valence-corrected chi connectivity index (χ1v) is 11.5. The summed E-state index contributed by atoms with van der Waals surface area (Å²) in [6.45, 7) is 4.69. The number of nitrogens with zero attached hydrogens (tertiary/aromatic N) is 1. The Bertz CT molecular complexity index is 1030. The summed E-state index contributed by atoms with van der Waals surface area (Å²) in [5, 5.41) is 2.79. The molecule has 2 aromatic carbocycles. The predicted molar refractivity (Wildman–Crippen MR) is 116 cm³/mol. The van der Waals surface area contributed by atoms with Crippen molar-refractivity contribution in [1.82, 2.24) is 10.0 Å². The average molecular weight is 430 g/mol. The number of amides is 2. The molecule has 2 aromatic rings. The molecule has 30 heavy (non-hydrogen) atoms. The lowest BCUT2D eigenvalue weighted by molar-refractivity contribution is -0.121. The standard InChI is InChI=1S/C22H27N3O4S/c1-16-5-6-17(2)20(14-16)30(28,29)24-12-11-21(26)23-15-18-7-9-19(10-8-18)25-13-3-4-22(25)27/h5-10,14,24H,3-4,11-13,15H2,1-2H3,(H,23,26). The fourth-order valence-corrected chi connectivity index (χ4v) is 4.74. The van der Waals surface area contributed by atoms with Gasteiger partial charge in [0.2, 0.25) is 21.8 Å². The van der Waals surface area contributed by atoms with E-state index in [0.29, 0.717) is 18.5 Å². The molecule has 3 rings (SSSR count). The Balaban J connectivity index is 1.46. The highest BCUT2D eigenvalue weighted by atomic mass is 32.2. The molecule has 0 atom stereocenters. The Hall–Kier alpha value is -2.71. The topological polar surface area (TPSA) is 95.6 Å². The second-order valence-electron chi connectivity index (χ2n) is 7.51. The van der Waals surface area contributed by atoms with Crippen LogP contribution in [0, 0.1) is 13.8 Å². The van der Waals surface area contributed by atoms with Crippen molar-refractivity contribution in [2.75, 3.05) is 18.0 Å². The molecule has 0 aromatic heterocycles. The minimum Gasteiger partial charge on any atom is -0.352 e. The van der Waals surface area contributed by atoms with Crippen LogP contribution in [0.15, 0.2) is 47.4 Å². The van der Waals surface area contributed by atoms with Gasteiger partial charge in [-0.05, 0) is 55.2 Å². The molecule has 2 N–H and O–H groups in total. The SMILES string of the molecule is Cc1ccc(C)c(S(=O)(=O)NCCC(=O)NCc2ccc(N3CCCC3=O)cc2)c1. The maximum atomic E-state index is 12.5. The molecule has 0 radical (unpaired) electrons. The van der Waals surface area contributed by atoms with Crippen molar-refractivity contribution in [1.29, 1.82) is 0 Å². The maximum absolute atomic E-state index is 12.5. The average Bonchev–Trinajstić information content (AvgIpc) is 3.14. The third-order valence-corrected chi connectivity index (χ3v) is 6.69. The molecule has 1 aliphatic rings. The number of rotatable bonds is 8. The Morgan fingerprint density at radius 1 is 1.10 bits per heavy atom. The molecular formula is C22H27N3O4S. The number of carbonyl (C=O) groups excluding carboxylic acids is 2. The van der Waals surface area contributed by atoms with E-state index in [-0.39, 0.29) is 29.7 Å². The van der Waals surface area contributed by atoms with Gasteiger partial charge >= 0.3 is 0 Å². The van der Waals surface area contributed by atoms with Gasteiger partial charge in [-0.15, -0.1) is 0 Å². The normalized spacial score (nSPS) is 14.2. The van der Waals surface area contributed by atoms with Crippen molar-refractivity contribution >= 4 is 27.5 Å². The van der Waals surface area contributed by atoms with Crippen molar-refractivity contribution in [2.45, 2.75) is 44.6 Å². The summed E-state index contributed by atoms with van der Waals surface area (Å²) in [4.78, 5) is 25.9. The van der Waals surface area contributed by atoms with Crippen LogP contribution < -0.4 is 14.9 Å². The number of hydrogen-bond acceptors (Lipinski definition) is 4. The second kappa shape index (κ2) is 9.40. The van der Waals surface area contributed by atoms with Crippen molar-refractivity contribution in [2.24, 2.45) is 0 Å². The van der Waals surface area contributed by atoms with E-state index in [9.17, 15) is 18.0 Å². The summed E-state index contributed by atoms with van der Waals surface area (Å²) in [5.74, 6) is -0.100. The van der Waals surface area contributed by atoms with Crippen LogP contribution in [0.3, 0.4) is 0 Å². The molecule has 0 bridgehead atoms. The van der Waals surface area contributed by atoms with Crippen LogP contribution in [-0.4, -0.2) is 33.3 Å². The largest absolute Gasteiger partial charge is 0.352 e. The van der Waals surface area contributed by atoms with Crippen LogP contribution in [0.25, 0.3) is 0 Å². The van der Waals surface area contributed by atoms with Crippen LogP contribution in [0.2, 0.25) is 0 Å². The first-order chi connectivity index (χ1) is 14.3. The van der Waals surface area contributed by atoms with Gasteiger partial charge in [0, 0.05) is 38.2 Å². The highest BCUT2D eigenvalue weighted by Crippen LogP contribution is 2.21. The summed E-state index contributed by atoms with van der Waals surface area (Å²) < 4.78 is 27.4. The zero-order valence-electron chi connectivity index (χ0n) is 17.3. The number of carbonyl (C=O) groups is 2. The van der Waals surface area contributed by atoms with E-state index < -0.39 is 10.0 Å². The summed E-state index contributed by atoms with van der Waals surface area (Å²) in [5.41, 5.74) is 3.30. The number of nitrogens with one attached hydrogen (secondary N) is 2. The van der Waals surface area contributed by atoms with E-state index >= 15 is 0 Å². The monoisotopic (exact) mass is 429 g/mol. The molecule has 7 nitrogen and oxygen atoms in total. The minimum absolute atomic E-state index is 0.0254. The summed E-state index contributed by atoms with van der Waals surface area (Å²) in [6.07, 6.45) is 1.51. The van der Waals surface area contributed by atoms with Gasteiger partial charge in [0.25, 0.3) is 0 Å². The number of hydrogen-bond donors (Lipinski definition) is 2. The van der Waals surface area contributed by atoms with E-state index in [1.54, 1.807) is 24.0 Å². The van der Waals surface area contributed by atoms with Gasteiger partial charge in [0.15, 0.2) is 0 Å². The molecule has 1 fully saturated rings. The lowest BCUT2D eigenvalue weighted by atomic mass is 10.2. The van der Waals surface area contributed by atoms with Gasteiger partial charge in [-0.25, -0.2) is 13.1 Å². The number of aryl methyl sites for hydroxylation is 2. The third-order valence-electron chi connectivity index (χ3n) is 5.09. The van der Waals surface area contributed by atoms with Crippen LogP contribution in [0.4, 0.5) is 5.69 Å². The van der Waals surface area contributed by atoms with Crippen LogP contribution in [-0.2, 0) is 26.2 Å². The van der Waals surface area contributed by atoms with Crippen LogP contribution >= 0.6 is 0 Å². The first kappa shape index (κ1) is 22.0. The predicted octanol–water partition coefficient (Wildman–Crippen LogP) is 2.42. The number of sulfonamides is 1.